The van der Waals surface area contributed by atoms with Crippen LogP contribution in [0.15, 0.2) is 164 Å². The minimum atomic E-state index is -1.61. The molecule has 266 valence electrons. The van der Waals surface area contributed by atoms with Gasteiger partial charge in [0.2, 0.25) is 0 Å². The first-order chi connectivity index (χ1) is 24.1. The van der Waals surface area contributed by atoms with Gasteiger partial charge in [-0.25, -0.2) is 0 Å². The zero-order valence-corrected chi connectivity index (χ0v) is 35.8. The molecule has 0 amide bonds. The standard InChI is InChI=1S/C21H21P.C18H15P.2CCl4/c1-16-10-4-7-13-19(16)22(20-14-8-5-11-17(20)2)21-15-9-6-12-18(21)3;1-4-10-16(11-5-1)19(17-12-6-2-7-13-17)18-14-8-3-9-15-18;2*2-1(3,4)5/h4-15H,1-3H3;1-15H;;. The minimum Gasteiger partial charge on any atom is -0.0664 e. The van der Waals surface area contributed by atoms with Crippen LogP contribution >= 0.6 is 109 Å². The van der Waals surface area contributed by atoms with E-state index in [0.29, 0.717) is 0 Å². The van der Waals surface area contributed by atoms with E-state index in [4.69, 9.17) is 92.8 Å². The molecule has 0 saturated heterocycles. The van der Waals surface area contributed by atoms with Crippen LogP contribution in [0.2, 0.25) is 0 Å². The quantitative estimate of drug-likeness (QED) is 0.116. The lowest BCUT2D eigenvalue weighted by Crippen LogP contribution is -2.25. The summed E-state index contributed by atoms with van der Waals surface area (Å²) in [4.78, 5) is 0. The van der Waals surface area contributed by atoms with Crippen molar-refractivity contribution in [2.24, 2.45) is 0 Å². The van der Waals surface area contributed by atoms with E-state index in [9.17, 15) is 0 Å². The van der Waals surface area contributed by atoms with Crippen molar-refractivity contribution in [1.82, 2.24) is 0 Å². The summed E-state index contributed by atoms with van der Waals surface area (Å²) in [5, 5.41) is 8.57. The van der Waals surface area contributed by atoms with Crippen LogP contribution in [0, 0.1) is 20.8 Å². The van der Waals surface area contributed by atoms with E-state index in [0.717, 1.165) is 0 Å². The van der Waals surface area contributed by atoms with Crippen molar-refractivity contribution in [1.29, 1.82) is 0 Å². The Labute approximate surface area is 345 Å². The van der Waals surface area contributed by atoms with Crippen molar-refractivity contribution in [3.05, 3.63) is 180 Å². The van der Waals surface area contributed by atoms with Gasteiger partial charge in [-0.2, -0.15) is 0 Å². The van der Waals surface area contributed by atoms with Gasteiger partial charge < -0.3 is 0 Å². The molecule has 0 bridgehead atoms. The Hall–Kier alpha value is -1.50. The summed E-state index contributed by atoms with van der Waals surface area (Å²) in [6.07, 6.45) is 0. The predicted octanol–water partition coefficient (Wildman–Crippen LogP) is 12.9. The van der Waals surface area contributed by atoms with Gasteiger partial charge >= 0.3 is 0 Å². The molecule has 0 aromatic heterocycles. The number of benzene rings is 6. The van der Waals surface area contributed by atoms with E-state index in [1.54, 1.807) is 0 Å². The topological polar surface area (TPSA) is 0 Å². The summed E-state index contributed by atoms with van der Waals surface area (Å²) in [6.45, 7) is 6.67. The average molecular weight is 874 g/mol. The molecule has 6 aromatic rings. The Morgan fingerprint density at radius 3 is 0.706 bits per heavy atom. The van der Waals surface area contributed by atoms with Gasteiger partial charge in [0, 0.05) is 0 Å². The molecular weight excluding hydrogens is 838 g/mol. The molecule has 0 nitrogen and oxygen atoms in total. The summed E-state index contributed by atoms with van der Waals surface area (Å²) < 4.78 is -3.22. The van der Waals surface area contributed by atoms with E-state index >= 15 is 0 Å². The maximum Gasteiger partial charge on any atom is 0.266 e. The van der Waals surface area contributed by atoms with Crippen molar-refractivity contribution in [2.45, 2.75) is 27.3 Å². The van der Waals surface area contributed by atoms with E-state index in [-0.39, 0.29) is 0 Å². The lowest BCUT2D eigenvalue weighted by Gasteiger charge is -2.24. The number of hydrogen-bond acceptors (Lipinski definition) is 0. The number of halogens is 8. The van der Waals surface area contributed by atoms with Crippen LogP contribution in [0.1, 0.15) is 16.7 Å². The molecule has 0 fully saturated rings. The first-order valence-corrected chi connectivity index (χ1v) is 21.3. The van der Waals surface area contributed by atoms with Crippen LogP contribution in [0.5, 0.6) is 0 Å². The zero-order chi connectivity index (χ0) is 37.4. The molecule has 6 rings (SSSR count). The first-order valence-electron chi connectivity index (χ1n) is 15.6. The number of hydrogen-bond donors (Lipinski definition) is 0. The van der Waals surface area contributed by atoms with Crippen LogP contribution in [0.3, 0.4) is 0 Å². The van der Waals surface area contributed by atoms with Gasteiger partial charge in [0.1, 0.15) is 0 Å². The van der Waals surface area contributed by atoms with Crippen molar-refractivity contribution < 1.29 is 0 Å². The molecule has 0 heterocycles. The second kappa shape index (κ2) is 22.0. The second-order valence-corrected chi connectivity index (χ2v) is 22.1. The Morgan fingerprint density at radius 1 is 0.294 bits per heavy atom. The van der Waals surface area contributed by atoms with Gasteiger partial charge in [-0.3, -0.25) is 0 Å². The summed E-state index contributed by atoms with van der Waals surface area (Å²) in [6, 6.07) is 58.7. The van der Waals surface area contributed by atoms with Gasteiger partial charge in [-0.1, -0.05) is 257 Å². The van der Waals surface area contributed by atoms with Crippen molar-refractivity contribution in [2.75, 3.05) is 0 Å². The number of rotatable bonds is 6. The normalized spacial score (nSPS) is 11.0. The summed E-state index contributed by atoms with van der Waals surface area (Å²) in [5.74, 6) is 0. The molecule has 10 heteroatoms. The predicted molar refractivity (Wildman–Crippen MR) is 237 cm³/mol. The summed E-state index contributed by atoms with van der Waals surface area (Å²) >= 11 is 38.6. The fraction of sp³-hybridized carbons (Fsp3) is 0.122. The Morgan fingerprint density at radius 2 is 0.490 bits per heavy atom. The Balaban J connectivity index is 0.000000220. The lowest BCUT2D eigenvalue weighted by molar-refractivity contribution is 1.49. The molecule has 0 atom stereocenters. The maximum absolute atomic E-state index is 4.83. The fourth-order valence-corrected chi connectivity index (χ4v) is 10.1. The van der Waals surface area contributed by atoms with Crippen LogP contribution in [0.4, 0.5) is 0 Å². The zero-order valence-electron chi connectivity index (χ0n) is 28.0. The highest BCUT2D eigenvalue weighted by atomic mass is 35.6. The first kappa shape index (κ1) is 43.9. The van der Waals surface area contributed by atoms with Gasteiger partial charge in [0.15, 0.2) is 0 Å². The molecule has 6 aromatic carbocycles. The number of aryl methyl sites for hydroxylation is 3. The third-order valence-corrected chi connectivity index (χ3v) is 12.5. The smallest absolute Gasteiger partial charge is 0.0664 e. The molecule has 0 radical (unpaired) electrons. The average Bonchev–Trinajstić information content (AvgIpc) is 3.08. The van der Waals surface area contributed by atoms with Crippen molar-refractivity contribution in [3.8, 4) is 0 Å². The molecule has 0 aliphatic carbocycles. The number of alkyl halides is 8. The Bertz CT molecular complexity index is 1650. The summed E-state index contributed by atoms with van der Waals surface area (Å²) in [7, 11) is -0.954. The monoisotopic (exact) mass is 870 g/mol. The fourth-order valence-electron chi connectivity index (χ4n) is 5.01. The molecule has 0 aliphatic heterocycles. The van der Waals surface area contributed by atoms with Crippen LogP contribution in [-0.2, 0) is 0 Å². The van der Waals surface area contributed by atoms with Crippen molar-refractivity contribution >= 4 is 140 Å². The van der Waals surface area contributed by atoms with Gasteiger partial charge in [-0.15, -0.1) is 0 Å². The van der Waals surface area contributed by atoms with E-state index in [1.807, 2.05) is 0 Å². The van der Waals surface area contributed by atoms with E-state index in [2.05, 4.69) is 185 Å². The van der Waals surface area contributed by atoms with E-state index in [1.165, 1.54) is 48.5 Å². The second-order valence-electron chi connectivity index (χ2n) is 10.9. The molecular formula is C41H36Cl8P2. The van der Waals surface area contributed by atoms with Crippen LogP contribution in [0.25, 0.3) is 0 Å². The SMILES string of the molecule is Cc1ccccc1P(c1ccccc1C)c1ccccc1C.ClC(Cl)(Cl)Cl.ClC(Cl)(Cl)Cl.c1ccc(P(c2ccccc2)c2ccccc2)cc1. The molecule has 51 heavy (non-hydrogen) atoms. The molecule has 0 spiro atoms. The van der Waals surface area contributed by atoms with Crippen molar-refractivity contribution in [3.63, 3.8) is 0 Å². The molecule has 0 aliphatic rings. The third kappa shape index (κ3) is 16.6. The van der Waals surface area contributed by atoms with Crippen LogP contribution in [-0.4, -0.2) is 6.50 Å². The maximum atomic E-state index is 4.83. The van der Waals surface area contributed by atoms with Gasteiger partial charge in [0.05, 0.1) is 0 Å². The third-order valence-electron chi connectivity index (χ3n) is 7.11. The van der Waals surface area contributed by atoms with E-state index < -0.39 is 22.3 Å². The highest BCUT2D eigenvalue weighted by Crippen LogP contribution is 2.36. The van der Waals surface area contributed by atoms with Gasteiger partial charge in [-0.05, 0) is 85.1 Å². The Kier molecular flexibility index (Phi) is 19.0. The largest absolute Gasteiger partial charge is 0.266 e. The highest BCUT2D eigenvalue weighted by Gasteiger charge is 2.21. The van der Waals surface area contributed by atoms with Gasteiger partial charge in [0.25, 0.3) is 6.50 Å². The molecule has 0 unspecified atom stereocenters. The minimum absolute atomic E-state index is 0.446. The molecule has 0 N–H and O–H groups in total. The van der Waals surface area contributed by atoms with Crippen LogP contribution < -0.4 is 31.8 Å². The molecule has 0 saturated carbocycles. The highest BCUT2D eigenvalue weighted by molar-refractivity contribution is 7.80. The lowest BCUT2D eigenvalue weighted by atomic mass is 10.2. The summed E-state index contributed by atoms with van der Waals surface area (Å²) in [5.41, 5.74) is 4.13.